The molecule has 2 saturated heterocycles. The molecule has 2 atom stereocenters. The van der Waals surface area contributed by atoms with Crippen LogP contribution in [0.2, 0.25) is 0 Å². The number of amides is 1. The highest BCUT2D eigenvalue weighted by Gasteiger charge is 2.35. The Bertz CT molecular complexity index is 693. The number of sulfonamides is 1. The van der Waals surface area contributed by atoms with Gasteiger partial charge in [-0.25, -0.2) is 12.7 Å². The molecule has 25 heavy (non-hydrogen) atoms. The third kappa shape index (κ3) is 4.40. The minimum Gasteiger partial charge on any atom is -0.337 e. The molecule has 1 aromatic rings. The summed E-state index contributed by atoms with van der Waals surface area (Å²) in [6.45, 7) is 5.16. The molecule has 2 fully saturated rings. The lowest BCUT2D eigenvalue weighted by molar-refractivity contribution is -0.139. The first-order chi connectivity index (χ1) is 12.0. The van der Waals surface area contributed by atoms with Gasteiger partial charge in [0.15, 0.2) is 0 Å². The van der Waals surface area contributed by atoms with E-state index in [2.05, 4.69) is 5.32 Å². The van der Waals surface area contributed by atoms with Crippen LogP contribution in [-0.4, -0.2) is 62.3 Å². The summed E-state index contributed by atoms with van der Waals surface area (Å²) in [5.74, 6) is -0.118. The molecule has 1 amide bonds. The Hall–Kier alpha value is -1.44. The highest BCUT2D eigenvalue weighted by Crippen LogP contribution is 2.24. The second kappa shape index (κ2) is 7.85. The summed E-state index contributed by atoms with van der Waals surface area (Å²) in [4.78, 5) is 14.8. The molecular weight excluding hydrogens is 338 g/mol. The van der Waals surface area contributed by atoms with Crippen LogP contribution >= 0.6 is 0 Å². The van der Waals surface area contributed by atoms with Crippen LogP contribution in [0.4, 0.5) is 0 Å². The van der Waals surface area contributed by atoms with Gasteiger partial charge in [-0.3, -0.25) is 4.79 Å². The zero-order chi connectivity index (χ0) is 17.9. The number of hydrogen-bond donors (Lipinski definition) is 1. The average Bonchev–Trinajstić information content (AvgIpc) is 2.62. The summed E-state index contributed by atoms with van der Waals surface area (Å²) in [6.07, 6.45) is 1.51. The van der Waals surface area contributed by atoms with Crippen molar-refractivity contribution in [2.24, 2.45) is 5.92 Å². The number of piperidine rings is 1. The van der Waals surface area contributed by atoms with E-state index in [1.807, 2.05) is 42.2 Å². The minimum absolute atomic E-state index is 0.00120. The van der Waals surface area contributed by atoms with Crippen LogP contribution in [-0.2, 0) is 20.6 Å². The maximum Gasteiger partial charge on any atom is 0.227 e. The van der Waals surface area contributed by atoms with Gasteiger partial charge in [0.25, 0.3) is 0 Å². The van der Waals surface area contributed by atoms with Gasteiger partial charge < -0.3 is 10.2 Å². The number of nitrogens with zero attached hydrogens (tertiary/aromatic N) is 2. The number of carbonyl (C=O) groups is 1. The van der Waals surface area contributed by atoms with Gasteiger partial charge in [0.05, 0.1) is 11.7 Å². The lowest BCUT2D eigenvalue weighted by Gasteiger charge is -2.39. The van der Waals surface area contributed by atoms with Crippen molar-refractivity contribution in [3.8, 4) is 0 Å². The Kier molecular flexibility index (Phi) is 5.76. The van der Waals surface area contributed by atoms with Gasteiger partial charge in [0.1, 0.15) is 0 Å². The van der Waals surface area contributed by atoms with Crippen LogP contribution in [0, 0.1) is 5.92 Å². The number of benzene rings is 1. The van der Waals surface area contributed by atoms with E-state index in [0.717, 1.165) is 31.5 Å². The smallest absolute Gasteiger partial charge is 0.227 e. The standard InChI is InChI=1S/C18H27N3O3S/c1-15-12-19-9-11-21(15)18(22)17-8-5-10-20(13-17)25(23,24)14-16-6-3-2-4-7-16/h2-4,6-7,15,17,19H,5,8-14H2,1H3/t15-,17?/m1/s1. The van der Waals surface area contributed by atoms with Crippen molar-refractivity contribution in [1.82, 2.24) is 14.5 Å². The van der Waals surface area contributed by atoms with Crippen LogP contribution in [0.1, 0.15) is 25.3 Å². The van der Waals surface area contributed by atoms with Crippen LogP contribution in [0.3, 0.4) is 0 Å². The predicted octanol–water partition coefficient (Wildman–Crippen LogP) is 1.05. The molecule has 1 unspecified atom stereocenters. The second-order valence-corrected chi connectivity index (χ2v) is 8.99. The fourth-order valence-electron chi connectivity index (χ4n) is 3.68. The van der Waals surface area contributed by atoms with Crippen LogP contribution in [0.25, 0.3) is 0 Å². The van der Waals surface area contributed by atoms with Gasteiger partial charge in [-0.1, -0.05) is 30.3 Å². The average molecular weight is 365 g/mol. The Balaban J connectivity index is 1.67. The van der Waals surface area contributed by atoms with E-state index in [0.29, 0.717) is 19.6 Å². The Morgan fingerprint density at radius 2 is 2.00 bits per heavy atom. The maximum absolute atomic E-state index is 12.9. The number of hydrogen-bond acceptors (Lipinski definition) is 4. The fourth-order valence-corrected chi connectivity index (χ4v) is 5.29. The molecule has 1 aromatic carbocycles. The first kappa shape index (κ1) is 18.4. The topological polar surface area (TPSA) is 69.7 Å². The normalized spacial score (nSPS) is 25.7. The highest BCUT2D eigenvalue weighted by molar-refractivity contribution is 7.88. The fraction of sp³-hybridized carbons (Fsp3) is 0.611. The van der Waals surface area contributed by atoms with Crippen molar-refractivity contribution in [3.63, 3.8) is 0 Å². The molecule has 0 bridgehead atoms. The molecule has 0 spiro atoms. The van der Waals surface area contributed by atoms with E-state index >= 15 is 0 Å². The van der Waals surface area contributed by atoms with E-state index in [1.54, 1.807) is 0 Å². The van der Waals surface area contributed by atoms with Crippen molar-refractivity contribution in [3.05, 3.63) is 35.9 Å². The molecule has 138 valence electrons. The van der Waals surface area contributed by atoms with Gasteiger partial charge in [-0.15, -0.1) is 0 Å². The molecule has 1 N–H and O–H groups in total. The van der Waals surface area contributed by atoms with Gasteiger partial charge in [0, 0.05) is 38.8 Å². The molecule has 2 aliphatic heterocycles. The van der Waals surface area contributed by atoms with Gasteiger partial charge >= 0.3 is 0 Å². The monoisotopic (exact) mass is 365 g/mol. The lowest BCUT2D eigenvalue weighted by Crippen LogP contribution is -2.56. The Labute approximate surface area is 150 Å². The molecule has 0 aliphatic carbocycles. The van der Waals surface area contributed by atoms with Crippen molar-refractivity contribution in [2.75, 3.05) is 32.7 Å². The van der Waals surface area contributed by atoms with E-state index < -0.39 is 10.0 Å². The first-order valence-corrected chi connectivity index (χ1v) is 10.6. The molecule has 3 rings (SSSR count). The summed E-state index contributed by atoms with van der Waals surface area (Å²) >= 11 is 0. The largest absolute Gasteiger partial charge is 0.337 e. The van der Waals surface area contributed by atoms with Crippen molar-refractivity contribution in [2.45, 2.75) is 31.6 Å². The molecule has 0 radical (unpaired) electrons. The summed E-state index contributed by atoms with van der Waals surface area (Å²) in [5.41, 5.74) is 0.784. The molecule has 2 heterocycles. The van der Waals surface area contributed by atoms with Gasteiger partial charge in [0.2, 0.25) is 15.9 Å². The molecular formula is C18H27N3O3S. The molecule has 0 saturated carbocycles. The van der Waals surface area contributed by atoms with Crippen LogP contribution in [0.15, 0.2) is 30.3 Å². The third-order valence-corrected chi connectivity index (χ3v) is 6.92. The minimum atomic E-state index is -3.40. The summed E-state index contributed by atoms with van der Waals surface area (Å²) in [6, 6.07) is 9.38. The maximum atomic E-state index is 12.9. The quantitative estimate of drug-likeness (QED) is 0.866. The molecule has 7 heteroatoms. The van der Waals surface area contributed by atoms with Gasteiger partial charge in [-0.05, 0) is 25.3 Å². The SMILES string of the molecule is C[C@@H]1CNCCN1C(=O)C1CCCN(S(=O)(=O)Cc2ccccc2)C1. The summed E-state index contributed by atoms with van der Waals surface area (Å²) in [5, 5.41) is 3.28. The Morgan fingerprint density at radius 3 is 2.72 bits per heavy atom. The van der Waals surface area contributed by atoms with Gasteiger partial charge in [-0.2, -0.15) is 0 Å². The zero-order valence-corrected chi connectivity index (χ0v) is 15.5. The van der Waals surface area contributed by atoms with E-state index in [9.17, 15) is 13.2 Å². The number of carbonyl (C=O) groups excluding carboxylic acids is 1. The van der Waals surface area contributed by atoms with E-state index in [1.165, 1.54) is 4.31 Å². The highest BCUT2D eigenvalue weighted by atomic mass is 32.2. The zero-order valence-electron chi connectivity index (χ0n) is 14.7. The third-order valence-electron chi connectivity index (χ3n) is 5.10. The lowest BCUT2D eigenvalue weighted by atomic mass is 9.97. The van der Waals surface area contributed by atoms with Crippen LogP contribution in [0.5, 0.6) is 0 Å². The predicted molar refractivity (Wildman–Crippen MR) is 97.4 cm³/mol. The number of piperazine rings is 1. The van der Waals surface area contributed by atoms with Crippen molar-refractivity contribution in [1.29, 1.82) is 0 Å². The van der Waals surface area contributed by atoms with E-state index in [4.69, 9.17) is 0 Å². The summed E-state index contributed by atoms with van der Waals surface area (Å²) in [7, 11) is -3.40. The molecule has 2 aliphatic rings. The second-order valence-electron chi connectivity index (χ2n) is 7.02. The number of nitrogens with one attached hydrogen (secondary N) is 1. The number of rotatable bonds is 4. The van der Waals surface area contributed by atoms with Crippen molar-refractivity contribution < 1.29 is 13.2 Å². The van der Waals surface area contributed by atoms with Crippen molar-refractivity contribution >= 4 is 15.9 Å². The molecule has 6 nitrogen and oxygen atoms in total. The molecule has 0 aromatic heterocycles. The first-order valence-electron chi connectivity index (χ1n) is 9.00. The summed E-state index contributed by atoms with van der Waals surface area (Å²) < 4.78 is 27.0. The van der Waals surface area contributed by atoms with Crippen LogP contribution < -0.4 is 5.32 Å². The Morgan fingerprint density at radius 1 is 1.24 bits per heavy atom. The van der Waals surface area contributed by atoms with E-state index in [-0.39, 0.29) is 23.6 Å².